The highest BCUT2D eigenvalue weighted by Gasteiger charge is 2.45. The third kappa shape index (κ3) is 4.56. The fourth-order valence-corrected chi connectivity index (χ4v) is 13.2. The molecule has 0 atom stereocenters. The van der Waals surface area contributed by atoms with Crippen LogP contribution in [-0.4, -0.2) is 11.4 Å². The van der Waals surface area contributed by atoms with Crippen LogP contribution in [0.1, 0.15) is 52.7 Å². The largest absolute Gasteiger partial charge is 0.455 e. The zero-order valence-electron chi connectivity index (χ0n) is 35.5. The van der Waals surface area contributed by atoms with Crippen molar-refractivity contribution in [2.24, 2.45) is 0 Å². The molecule has 2 aliphatic heterocycles. The Morgan fingerprint density at radius 2 is 1.18 bits per heavy atom. The van der Waals surface area contributed by atoms with E-state index < -0.39 is 0 Å². The van der Waals surface area contributed by atoms with Gasteiger partial charge in [0.25, 0.3) is 0 Å². The molecule has 0 N–H and O–H groups in total. The van der Waals surface area contributed by atoms with Crippen molar-refractivity contribution in [2.45, 2.75) is 52.4 Å². The van der Waals surface area contributed by atoms with Gasteiger partial charge in [-0.15, -0.1) is 22.7 Å². The van der Waals surface area contributed by atoms with Gasteiger partial charge in [-0.05, 0) is 105 Å². The molecule has 0 spiro atoms. The minimum Gasteiger partial charge on any atom is -0.455 e. The van der Waals surface area contributed by atoms with E-state index in [0.717, 1.165) is 21.9 Å². The van der Waals surface area contributed by atoms with E-state index >= 15 is 0 Å². The number of hydrogen-bond donors (Lipinski definition) is 0. The summed E-state index contributed by atoms with van der Waals surface area (Å²) in [4.78, 5) is 2.69. The Balaban J connectivity index is 1.16. The van der Waals surface area contributed by atoms with E-state index in [1.54, 1.807) is 0 Å². The van der Waals surface area contributed by atoms with Gasteiger partial charge in [0, 0.05) is 79.1 Å². The summed E-state index contributed by atoms with van der Waals surface area (Å²) in [5.74, 6) is 0. The molecule has 62 heavy (non-hydrogen) atoms. The van der Waals surface area contributed by atoms with E-state index in [0.29, 0.717) is 0 Å². The zero-order valence-corrected chi connectivity index (χ0v) is 37.1. The molecule has 0 aliphatic carbocycles. The maximum Gasteiger partial charge on any atom is 0.333 e. The normalized spacial score (nSPS) is 13.9. The number of anilines is 2. The SMILES string of the molecule is CC(C)(C)c1ccc(N2B3c4cc5c(cc4-n4c6ccc7c8ccccc8oc7c6c6ccc(c3c64)-c3cc4sc6ccc(C(C)(C)C)cc6c4cc32)sc2ccccc25)cc1. The van der Waals surface area contributed by atoms with Gasteiger partial charge < -0.3 is 13.8 Å². The van der Waals surface area contributed by atoms with Crippen LogP contribution >= 0.6 is 22.7 Å². The average molecular weight is 833 g/mol. The molecule has 0 amide bonds. The van der Waals surface area contributed by atoms with Crippen molar-refractivity contribution in [1.29, 1.82) is 0 Å². The van der Waals surface area contributed by atoms with E-state index in [-0.39, 0.29) is 17.7 Å². The average Bonchev–Trinajstić information content (AvgIpc) is 4.02. The van der Waals surface area contributed by atoms with Gasteiger partial charge in [-0.1, -0.05) is 114 Å². The number of nitrogens with zero attached hydrogens (tertiary/aromatic N) is 2. The van der Waals surface area contributed by atoms with Crippen molar-refractivity contribution in [1.82, 2.24) is 4.57 Å². The molecule has 0 unspecified atom stereocenters. The zero-order chi connectivity index (χ0) is 41.6. The van der Waals surface area contributed by atoms with Gasteiger partial charge in [-0.25, -0.2) is 0 Å². The standard InChI is InChI=1S/C56H41BN2OS2/c1-55(2,3)30-15-18-32(19-16-30)59-44-27-41-39-25-31(56(4,5)6)17-24-48(39)62-49(41)28-38(44)35-20-21-37-51-43(23-22-36-33-11-7-9-13-46(33)60-54(36)51)58-45-29-50-40(34-12-8-10-14-47(34)61-50)26-42(45)57(59)52(35)53(37)58/h7-29H,1-6H3. The lowest BCUT2D eigenvalue weighted by atomic mass is 9.44. The first-order valence-corrected chi connectivity index (χ1v) is 23.4. The first-order chi connectivity index (χ1) is 30.0. The maximum absolute atomic E-state index is 6.86. The van der Waals surface area contributed by atoms with Crippen molar-refractivity contribution in [3.63, 3.8) is 0 Å². The second-order valence-corrected chi connectivity index (χ2v) is 21.9. The van der Waals surface area contributed by atoms with E-state index in [2.05, 4.69) is 190 Å². The van der Waals surface area contributed by atoms with Crippen molar-refractivity contribution >= 4 is 136 Å². The number of rotatable bonds is 1. The van der Waals surface area contributed by atoms with E-state index in [9.17, 15) is 0 Å². The van der Waals surface area contributed by atoms with E-state index in [4.69, 9.17) is 4.42 Å². The second-order valence-electron chi connectivity index (χ2n) is 19.7. The molecule has 296 valence electrons. The highest BCUT2D eigenvalue weighted by atomic mass is 32.1. The van der Waals surface area contributed by atoms with Crippen LogP contribution in [-0.2, 0) is 10.8 Å². The molecule has 6 heterocycles. The Bertz CT molecular complexity index is 3960. The van der Waals surface area contributed by atoms with Crippen LogP contribution in [0.5, 0.6) is 0 Å². The number of furan rings is 1. The summed E-state index contributed by atoms with van der Waals surface area (Å²) in [6, 6.07) is 53.5. The lowest BCUT2D eigenvalue weighted by Crippen LogP contribution is -2.60. The minimum absolute atomic E-state index is 0.0373. The van der Waals surface area contributed by atoms with Gasteiger partial charge in [-0.2, -0.15) is 0 Å². The van der Waals surface area contributed by atoms with Gasteiger partial charge >= 0.3 is 6.85 Å². The summed E-state index contributed by atoms with van der Waals surface area (Å²) in [7, 11) is 0. The van der Waals surface area contributed by atoms with Crippen molar-refractivity contribution in [3.05, 3.63) is 151 Å². The van der Waals surface area contributed by atoms with Crippen LogP contribution in [0.25, 0.3) is 101 Å². The Morgan fingerprint density at radius 1 is 0.500 bits per heavy atom. The Hall–Kier alpha value is -6.34. The van der Waals surface area contributed by atoms with Crippen molar-refractivity contribution < 1.29 is 4.42 Å². The second kappa shape index (κ2) is 11.8. The summed E-state index contributed by atoms with van der Waals surface area (Å²) in [6.07, 6.45) is 0. The molecule has 0 saturated carbocycles. The fraction of sp³-hybridized carbons (Fsp3) is 0.143. The van der Waals surface area contributed by atoms with Crippen LogP contribution in [0.3, 0.4) is 0 Å². The van der Waals surface area contributed by atoms with Gasteiger partial charge in [0.1, 0.15) is 11.2 Å². The number of aromatic nitrogens is 1. The molecule has 12 aromatic rings. The van der Waals surface area contributed by atoms with Crippen LogP contribution < -0.4 is 15.7 Å². The molecule has 4 aromatic heterocycles. The predicted molar refractivity (Wildman–Crippen MR) is 270 cm³/mol. The molecule has 8 aromatic carbocycles. The van der Waals surface area contributed by atoms with Crippen molar-refractivity contribution in [3.8, 4) is 16.8 Å². The fourth-order valence-electron chi connectivity index (χ4n) is 11.0. The Kier molecular flexibility index (Phi) is 6.70. The third-order valence-electron chi connectivity index (χ3n) is 14.1. The van der Waals surface area contributed by atoms with Gasteiger partial charge in [0.15, 0.2) is 0 Å². The first-order valence-electron chi connectivity index (χ1n) is 21.8. The summed E-state index contributed by atoms with van der Waals surface area (Å²) in [6.45, 7) is 13.8. The van der Waals surface area contributed by atoms with Crippen LogP contribution in [0.4, 0.5) is 11.4 Å². The van der Waals surface area contributed by atoms with Gasteiger partial charge in [0.05, 0.1) is 16.4 Å². The van der Waals surface area contributed by atoms with E-state index in [1.165, 1.54) is 112 Å². The summed E-state index contributed by atoms with van der Waals surface area (Å²) >= 11 is 3.81. The number of benzene rings is 8. The molecular weight excluding hydrogens is 792 g/mol. The summed E-state index contributed by atoms with van der Waals surface area (Å²) in [5, 5.41) is 10.0. The first kappa shape index (κ1) is 35.3. The lowest BCUT2D eigenvalue weighted by Gasteiger charge is -2.42. The molecular formula is C56H41BN2OS2. The monoisotopic (exact) mass is 832 g/mol. The Labute approximate surface area is 367 Å². The number of para-hydroxylation sites is 1. The number of fused-ring (bicyclic) bond motifs is 18. The third-order valence-corrected chi connectivity index (χ3v) is 16.4. The molecule has 14 rings (SSSR count). The van der Waals surface area contributed by atoms with E-state index in [1.807, 2.05) is 22.7 Å². The molecule has 6 heteroatoms. The molecule has 0 radical (unpaired) electrons. The van der Waals surface area contributed by atoms with Crippen LogP contribution in [0.15, 0.2) is 144 Å². The predicted octanol–water partition coefficient (Wildman–Crippen LogP) is 15.3. The summed E-state index contributed by atoms with van der Waals surface area (Å²) < 4.78 is 14.7. The summed E-state index contributed by atoms with van der Waals surface area (Å²) in [5.41, 5.74) is 16.1. The minimum atomic E-state index is -0.0878. The number of hydrogen-bond acceptors (Lipinski definition) is 4. The molecule has 0 fully saturated rings. The van der Waals surface area contributed by atoms with Crippen molar-refractivity contribution in [2.75, 3.05) is 4.81 Å². The Morgan fingerprint density at radius 3 is 1.98 bits per heavy atom. The quantitative estimate of drug-likeness (QED) is 0.154. The van der Waals surface area contributed by atoms with Crippen LogP contribution in [0, 0.1) is 0 Å². The van der Waals surface area contributed by atoms with Gasteiger partial charge in [-0.3, -0.25) is 0 Å². The maximum atomic E-state index is 6.86. The molecule has 0 saturated heterocycles. The van der Waals surface area contributed by atoms with Gasteiger partial charge in [0.2, 0.25) is 0 Å². The molecule has 2 aliphatic rings. The van der Waals surface area contributed by atoms with Crippen LogP contribution in [0.2, 0.25) is 0 Å². The topological polar surface area (TPSA) is 21.3 Å². The smallest absolute Gasteiger partial charge is 0.333 e. The lowest BCUT2D eigenvalue weighted by molar-refractivity contribution is 0.590. The highest BCUT2D eigenvalue weighted by molar-refractivity contribution is 7.26. The number of thiophene rings is 2. The molecule has 0 bridgehead atoms. The highest BCUT2D eigenvalue weighted by Crippen LogP contribution is 2.51. The molecule has 3 nitrogen and oxygen atoms in total.